The van der Waals surface area contributed by atoms with E-state index in [2.05, 4.69) is 10.4 Å². The van der Waals surface area contributed by atoms with Crippen molar-refractivity contribution in [2.24, 2.45) is 24.8 Å². The van der Waals surface area contributed by atoms with Gasteiger partial charge in [0.05, 0.1) is 11.8 Å². The Balaban J connectivity index is 1.59. The van der Waals surface area contributed by atoms with Crippen LogP contribution in [-0.2, 0) is 7.05 Å². The van der Waals surface area contributed by atoms with E-state index in [1.807, 2.05) is 0 Å². The predicted molar refractivity (Wildman–Crippen MR) is 78.5 cm³/mol. The van der Waals surface area contributed by atoms with E-state index in [4.69, 9.17) is 0 Å². The van der Waals surface area contributed by atoms with Crippen molar-refractivity contribution in [1.82, 2.24) is 15.1 Å². The van der Waals surface area contributed by atoms with Crippen LogP contribution in [0.15, 0.2) is 6.20 Å². The molecule has 118 valence electrons. The zero-order valence-corrected chi connectivity index (χ0v) is 12.7. The molecule has 4 aliphatic carbocycles. The second kappa shape index (κ2) is 4.57. The van der Waals surface area contributed by atoms with Gasteiger partial charge < -0.3 is 10.4 Å². The standard InChI is InChI=1S/C16H21N3O3/c1-19-13(15(21)22)12(8-17-19)14(20)18-16-5-9-2-10(6-16)4-11(3-9)7-16/h8-11H,2-7H2,1H3,(H,18,20)(H,21,22). The van der Waals surface area contributed by atoms with Crippen molar-refractivity contribution in [3.63, 3.8) is 0 Å². The van der Waals surface area contributed by atoms with E-state index in [9.17, 15) is 14.7 Å². The Kier molecular flexibility index (Phi) is 2.86. The number of carboxylic acid groups (broad SMARTS) is 1. The lowest BCUT2D eigenvalue weighted by molar-refractivity contribution is -0.0167. The van der Waals surface area contributed by atoms with Gasteiger partial charge in [0, 0.05) is 12.6 Å². The molecular formula is C16H21N3O3. The van der Waals surface area contributed by atoms with Gasteiger partial charge in [-0.25, -0.2) is 4.79 Å². The number of hydrogen-bond acceptors (Lipinski definition) is 3. The van der Waals surface area contributed by atoms with Crippen molar-refractivity contribution >= 4 is 11.9 Å². The molecule has 0 aliphatic heterocycles. The molecule has 1 amide bonds. The quantitative estimate of drug-likeness (QED) is 0.892. The zero-order valence-electron chi connectivity index (χ0n) is 12.7. The van der Waals surface area contributed by atoms with Crippen LogP contribution in [0.5, 0.6) is 0 Å². The van der Waals surface area contributed by atoms with Crippen molar-refractivity contribution in [3.05, 3.63) is 17.5 Å². The lowest BCUT2D eigenvalue weighted by Crippen LogP contribution is -2.59. The van der Waals surface area contributed by atoms with E-state index in [1.165, 1.54) is 30.1 Å². The highest BCUT2D eigenvalue weighted by molar-refractivity contribution is 6.03. The Morgan fingerprint density at radius 3 is 2.27 bits per heavy atom. The first kappa shape index (κ1) is 13.8. The maximum absolute atomic E-state index is 12.6. The molecule has 6 nitrogen and oxygen atoms in total. The topological polar surface area (TPSA) is 84.2 Å². The third-order valence-corrected chi connectivity index (χ3v) is 5.80. The summed E-state index contributed by atoms with van der Waals surface area (Å²) in [4.78, 5) is 24.0. The molecule has 4 saturated carbocycles. The molecule has 0 atom stereocenters. The van der Waals surface area contributed by atoms with Gasteiger partial charge in [-0.15, -0.1) is 0 Å². The van der Waals surface area contributed by atoms with E-state index in [1.54, 1.807) is 7.05 Å². The monoisotopic (exact) mass is 303 g/mol. The Labute approximate surface area is 128 Å². The van der Waals surface area contributed by atoms with Gasteiger partial charge in [-0.3, -0.25) is 9.48 Å². The molecule has 4 bridgehead atoms. The minimum atomic E-state index is -1.12. The van der Waals surface area contributed by atoms with Gasteiger partial charge in [-0.1, -0.05) is 0 Å². The molecule has 2 N–H and O–H groups in total. The van der Waals surface area contributed by atoms with Crippen LogP contribution in [0.25, 0.3) is 0 Å². The van der Waals surface area contributed by atoms with Crippen molar-refractivity contribution < 1.29 is 14.7 Å². The van der Waals surface area contributed by atoms with Gasteiger partial charge in [-0.2, -0.15) is 5.10 Å². The first-order valence-electron chi connectivity index (χ1n) is 8.03. The third kappa shape index (κ3) is 2.04. The summed E-state index contributed by atoms with van der Waals surface area (Å²) in [5.74, 6) is 0.807. The number of aromatic nitrogens is 2. The zero-order chi connectivity index (χ0) is 15.5. The Morgan fingerprint density at radius 1 is 1.23 bits per heavy atom. The number of nitrogens with one attached hydrogen (secondary N) is 1. The second-order valence-corrected chi connectivity index (χ2v) is 7.49. The Morgan fingerprint density at radius 2 is 1.77 bits per heavy atom. The largest absolute Gasteiger partial charge is 0.477 e. The number of nitrogens with zero attached hydrogens (tertiary/aromatic N) is 2. The lowest BCUT2D eigenvalue weighted by atomic mass is 9.53. The molecule has 0 aromatic carbocycles. The summed E-state index contributed by atoms with van der Waals surface area (Å²) in [5, 5.41) is 16.4. The first-order valence-corrected chi connectivity index (χ1v) is 8.03. The number of rotatable bonds is 3. The normalized spacial score (nSPS) is 35.6. The van der Waals surface area contributed by atoms with Gasteiger partial charge in [0.25, 0.3) is 5.91 Å². The molecule has 6 heteroatoms. The molecule has 0 saturated heterocycles. The molecule has 0 spiro atoms. The molecule has 0 radical (unpaired) electrons. The number of amides is 1. The average Bonchev–Trinajstić information content (AvgIpc) is 2.78. The highest BCUT2D eigenvalue weighted by Crippen LogP contribution is 2.55. The smallest absolute Gasteiger partial charge is 0.354 e. The lowest BCUT2D eigenvalue weighted by Gasteiger charge is -2.56. The molecule has 1 aromatic heterocycles. The van der Waals surface area contributed by atoms with Gasteiger partial charge in [0.2, 0.25) is 0 Å². The third-order valence-electron chi connectivity index (χ3n) is 5.80. The summed E-state index contributed by atoms with van der Waals surface area (Å²) >= 11 is 0. The molecule has 1 aromatic rings. The fourth-order valence-electron chi connectivity index (χ4n) is 5.43. The minimum Gasteiger partial charge on any atom is -0.477 e. The van der Waals surface area contributed by atoms with E-state index < -0.39 is 5.97 Å². The molecule has 4 aliphatic rings. The first-order chi connectivity index (χ1) is 10.5. The summed E-state index contributed by atoms with van der Waals surface area (Å²) in [6.07, 6.45) is 8.43. The van der Waals surface area contributed by atoms with E-state index in [0.717, 1.165) is 37.0 Å². The maximum atomic E-state index is 12.6. The van der Waals surface area contributed by atoms with Gasteiger partial charge in [0.1, 0.15) is 0 Å². The summed E-state index contributed by atoms with van der Waals surface area (Å²) in [6, 6.07) is 0. The van der Waals surface area contributed by atoms with Crippen LogP contribution in [0, 0.1) is 17.8 Å². The summed E-state index contributed by atoms with van der Waals surface area (Å²) < 4.78 is 1.25. The molecule has 5 rings (SSSR count). The Hall–Kier alpha value is -1.85. The van der Waals surface area contributed by atoms with Crippen LogP contribution in [0.4, 0.5) is 0 Å². The van der Waals surface area contributed by atoms with Crippen LogP contribution in [0.3, 0.4) is 0 Å². The maximum Gasteiger partial charge on any atom is 0.354 e. The van der Waals surface area contributed by atoms with Crippen LogP contribution in [0.1, 0.15) is 59.4 Å². The molecule has 0 unspecified atom stereocenters. The number of carbonyl (C=O) groups excluding carboxylic acids is 1. The number of hydrogen-bond donors (Lipinski definition) is 2. The minimum absolute atomic E-state index is 0.0396. The summed E-state index contributed by atoms with van der Waals surface area (Å²) in [6.45, 7) is 0. The van der Waals surface area contributed by atoms with E-state index in [-0.39, 0.29) is 22.7 Å². The number of carboxylic acids is 1. The van der Waals surface area contributed by atoms with Crippen LogP contribution in [0.2, 0.25) is 0 Å². The number of aryl methyl sites for hydroxylation is 1. The van der Waals surface area contributed by atoms with Crippen molar-refractivity contribution in [3.8, 4) is 0 Å². The number of carbonyl (C=O) groups is 2. The molecule has 22 heavy (non-hydrogen) atoms. The highest BCUT2D eigenvalue weighted by Gasteiger charge is 2.51. The Bertz CT molecular complexity index is 614. The molecular weight excluding hydrogens is 282 g/mol. The van der Waals surface area contributed by atoms with Gasteiger partial charge in [-0.05, 0) is 56.3 Å². The summed E-state index contributed by atoms with van der Waals surface area (Å²) in [5.41, 5.74) is 0.0187. The van der Waals surface area contributed by atoms with Crippen molar-refractivity contribution in [2.75, 3.05) is 0 Å². The van der Waals surface area contributed by atoms with Crippen LogP contribution >= 0.6 is 0 Å². The van der Waals surface area contributed by atoms with Crippen molar-refractivity contribution in [1.29, 1.82) is 0 Å². The summed E-state index contributed by atoms with van der Waals surface area (Å²) in [7, 11) is 1.55. The molecule has 1 heterocycles. The van der Waals surface area contributed by atoms with Crippen LogP contribution < -0.4 is 5.32 Å². The SMILES string of the molecule is Cn1ncc(C(=O)NC23CC4CC(CC(C4)C2)C3)c1C(=O)O. The van der Waals surface area contributed by atoms with Gasteiger partial charge in [0.15, 0.2) is 5.69 Å². The predicted octanol–water partition coefficient (Wildman–Crippen LogP) is 1.82. The van der Waals surface area contributed by atoms with Gasteiger partial charge >= 0.3 is 5.97 Å². The molecule has 4 fully saturated rings. The van der Waals surface area contributed by atoms with Crippen molar-refractivity contribution in [2.45, 2.75) is 44.1 Å². The average molecular weight is 303 g/mol. The van der Waals surface area contributed by atoms with E-state index >= 15 is 0 Å². The van der Waals surface area contributed by atoms with E-state index in [0.29, 0.717) is 0 Å². The number of aromatic carboxylic acids is 1. The van der Waals surface area contributed by atoms with Crippen LogP contribution in [-0.4, -0.2) is 32.3 Å². The fraction of sp³-hybridized carbons (Fsp3) is 0.688. The fourth-order valence-corrected chi connectivity index (χ4v) is 5.43. The highest BCUT2D eigenvalue weighted by atomic mass is 16.4. The second-order valence-electron chi connectivity index (χ2n) is 7.49.